The van der Waals surface area contributed by atoms with E-state index in [4.69, 9.17) is 4.74 Å². The van der Waals surface area contributed by atoms with Crippen LogP contribution in [0.2, 0.25) is 0 Å². The lowest BCUT2D eigenvalue weighted by molar-refractivity contribution is -0.384. The maximum absolute atomic E-state index is 12.6. The van der Waals surface area contributed by atoms with Crippen molar-refractivity contribution in [2.45, 2.75) is 6.10 Å². The van der Waals surface area contributed by atoms with Crippen molar-refractivity contribution in [1.29, 1.82) is 0 Å². The lowest BCUT2D eigenvalue weighted by atomic mass is 10.1. The number of nitro benzene ring substituents is 1. The molecule has 0 spiro atoms. The SMILES string of the molecule is COC(=O)c1cc(C(=O)O[C@H](C(=O)N(C)C)c2ccccc2)cc([N+](=O)[O-])c1. The van der Waals surface area contributed by atoms with E-state index in [1.54, 1.807) is 30.3 Å². The van der Waals surface area contributed by atoms with Crippen molar-refractivity contribution in [3.8, 4) is 0 Å². The van der Waals surface area contributed by atoms with Crippen molar-refractivity contribution < 1.29 is 28.8 Å². The van der Waals surface area contributed by atoms with Crippen LogP contribution in [0, 0.1) is 10.1 Å². The van der Waals surface area contributed by atoms with E-state index in [0.717, 1.165) is 25.3 Å². The Bertz CT molecular complexity index is 910. The van der Waals surface area contributed by atoms with Gasteiger partial charge in [-0.1, -0.05) is 30.3 Å². The predicted octanol–water partition coefficient (Wildman–Crippen LogP) is 2.37. The second-order valence-electron chi connectivity index (χ2n) is 5.95. The summed E-state index contributed by atoms with van der Waals surface area (Å²) in [6.45, 7) is 0. The fraction of sp³-hybridized carbons (Fsp3) is 0.211. The second-order valence-corrected chi connectivity index (χ2v) is 5.95. The molecule has 2 aromatic carbocycles. The van der Waals surface area contributed by atoms with Crippen molar-refractivity contribution in [3.05, 3.63) is 75.3 Å². The number of nitrogens with zero attached hydrogens (tertiary/aromatic N) is 2. The maximum Gasteiger partial charge on any atom is 0.339 e. The Kier molecular flexibility index (Phi) is 6.43. The molecule has 0 saturated heterocycles. The van der Waals surface area contributed by atoms with E-state index in [2.05, 4.69) is 4.74 Å². The summed E-state index contributed by atoms with van der Waals surface area (Å²) in [7, 11) is 4.13. The van der Waals surface area contributed by atoms with Gasteiger partial charge in [-0.15, -0.1) is 0 Å². The summed E-state index contributed by atoms with van der Waals surface area (Å²) in [6, 6.07) is 11.4. The molecule has 0 saturated carbocycles. The van der Waals surface area contributed by atoms with E-state index in [0.29, 0.717) is 5.56 Å². The summed E-state index contributed by atoms with van der Waals surface area (Å²) in [4.78, 5) is 48.5. The fourth-order valence-electron chi connectivity index (χ4n) is 2.37. The molecule has 2 rings (SSSR count). The van der Waals surface area contributed by atoms with Gasteiger partial charge < -0.3 is 14.4 Å². The standard InChI is InChI=1S/C19H18N2O7/c1-20(2)17(22)16(12-7-5-4-6-8-12)28-19(24)14-9-13(18(23)27-3)10-15(11-14)21(25)26/h4-11,16H,1-3H3/t16-/m0/s1. The molecule has 1 atom stereocenters. The van der Waals surface area contributed by atoms with Gasteiger partial charge in [0, 0.05) is 31.8 Å². The van der Waals surface area contributed by atoms with Crippen LogP contribution in [0.1, 0.15) is 32.4 Å². The predicted molar refractivity (Wildman–Crippen MR) is 97.7 cm³/mol. The Morgan fingerprint density at radius 2 is 1.57 bits per heavy atom. The van der Waals surface area contributed by atoms with Crippen molar-refractivity contribution in [3.63, 3.8) is 0 Å². The quantitative estimate of drug-likeness (QED) is 0.425. The second kappa shape index (κ2) is 8.76. The van der Waals surface area contributed by atoms with Crippen molar-refractivity contribution in [1.82, 2.24) is 4.90 Å². The molecule has 0 heterocycles. The minimum absolute atomic E-state index is 0.182. The van der Waals surface area contributed by atoms with Crippen molar-refractivity contribution >= 4 is 23.5 Å². The molecule has 9 nitrogen and oxygen atoms in total. The third-order valence-corrected chi connectivity index (χ3v) is 3.78. The number of likely N-dealkylation sites (N-methyl/N-ethyl adjacent to an activating group) is 1. The van der Waals surface area contributed by atoms with Crippen LogP contribution in [0.25, 0.3) is 0 Å². The molecule has 1 amide bonds. The lowest BCUT2D eigenvalue weighted by Crippen LogP contribution is -2.31. The lowest BCUT2D eigenvalue weighted by Gasteiger charge is -2.21. The number of esters is 2. The Hall–Kier alpha value is -3.75. The van der Waals surface area contributed by atoms with Gasteiger partial charge >= 0.3 is 11.9 Å². The molecule has 0 aromatic heterocycles. The Balaban J connectivity index is 2.42. The molecule has 0 N–H and O–H groups in total. The highest BCUT2D eigenvalue weighted by atomic mass is 16.6. The molecule has 0 bridgehead atoms. The van der Waals surface area contributed by atoms with Crippen LogP contribution in [-0.2, 0) is 14.3 Å². The minimum atomic E-state index is -1.25. The number of methoxy groups -OCH3 is 1. The highest BCUT2D eigenvalue weighted by molar-refractivity contribution is 5.97. The molecule has 28 heavy (non-hydrogen) atoms. The highest BCUT2D eigenvalue weighted by Crippen LogP contribution is 2.24. The summed E-state index contributed by atoms with van der Waals surface area (Å²) >= 11 is 0. The number of non-ortho nitro benzene ring substituents is 1. The normalized spacial score (nSPS) is 11.2. The van der Waals surface area contributed by atoms with Gasteiger partial charge in [0.15, 0.2) is 0 Å². The molecule has 0 aliphatic rings. The minimum Gasteiger partial charge on any atom is -0.465 e. The van der Waals surface area contributed by atoms with Gasteiger partial charge in [-0.3, -0.25) is 14.9 Å². The van der Waals surface area contributed by atoms with Gasteiger partial charge in [-0.05, 0) is 6.07 Å². The molecule has 0 aliphatic heterocycles. The zero-order valence-electron chi connectivity index (χ0n) is 15.4. The third-order valence-electron chi connectivity index (χ3n) is 3.78. The van der Waals surface area contributed by atoms with E-state index >= 15 is 0 Å². The maximum atomic E-state index is 12.6. The summed E-state index contributed by atoms with van der Waals surface area (Å²) in [5.41, 5.74) is -0.473. The van der Waals surface area contributed by atoms with Gasteiger partial charge in [0.25, 0.3) is 11.6 Å². The van der Waals surface area contributed by atoms with Gasteiger partial charge in [0.1, 0.15) is 0 Å². The molecular weight excluding hydrogens is 368 g/mol. The zero-order chi connectivity index (χ0) is 20.8. The number of benzene rings is 2. The molecule has 0 radical (unpaired) electrons. The van der Waals surface area contributed by atoms with Crippen LogP contribution in [0.3, 0.4) is 0 Å². The first-order chi connectivity index (χ1) is 13.2. The van der Waals surface area contributed by atoms with Gasteiger partial charge in [0.2, 0.25) is 6.10 Å². The van der Waals surface area contributed by atoms with Gasteiger partial charge in [-0.2, -0.15) is 0 Å². The average molecular weight is 386 g/mol. The number of nitro groups is 1. The summed E-state index contributed by atoms with van der Waals surface area (Å²) in [5, 5.41) is 11.1. The van der Waals surface area contributed by atoms with Crippen molar-refractivity contribution in [2.75, 3.05) is 21.2 Å². The zero-order valence-corrected chi connectivity index (χ0v) is 15.4. The molecule has 9 heteroatoms. The summed E-state index contributed by atoms with van der Waals surface area (Å²) < 4.78 is 9.90. The molecular formula is C19H18N2O7. The molecule has 0 unspecified atom stereocenters. The molecule has 2 aromatic rings. The van der Waals surface area contributed by atoms with E-state index in [9.17, 15) is 24.5 Å². The Morgan fingerprint density at radius 3 is 2.07 bits per heavy atom. The van der Waals surface area contributed by atoms with Gasteiger partial charge in [-0.25, -0.2) is 9.59 Å². The summed E-state index contributed by atoms with van der Waals surface area (Å²) in [5.74, 6) is -2.32. The Labute approximate surface area is 160 Å². The first-order valence-corrected chi connectivity index (χ1v) is 8.09. The van der Waals surface area contributed by atoms with Crippen LogP contribution >= 0.6 is 0 Å². The summed E-state index contributed by atoms with van der Waals surface area (Å²) in [6.07, 6.45) is -1.25. The Morgan fingerprint density at radius 1 is 1.00 bits per heavy atom. The number of hydrogen-bond donors (Lipinski definition) is 0. The van der Waals surface area contributed by atoms with Gasteiger partial charge in [0.05, 0.1) is 23.2 Å². The highest BCUT2D eigenvalue weighted by Gasteiger charge is 2.28. The molecule has 0 aliphatic carbocycles. The number of hydrogen-bond acceptors (Lipinski definition) is 7. The first kappa shape index (κ1) is 20.6. The van der Waals surface area contributed by atoms with Crippen molar-refractivity contribution in [2.24, 2.45) is 0 Å². The first-order valence-electron chi connectivity index (χ1n) is 8.09. The van der Waals surface area contributed by atoms with Crippen LogP contribution in [0.5, 0.6) is 0 Å². The average Bonchev–Trinajstić information content (AvgIpc) is 2.70. The number of ether oxygens (including phenoxy) is 2. The van der Waals surface area contributed by atoms with E-state index < -0.39 is 34.6 Å². The molecule has 146 valence electrons. The van der Waals surface area contributed by atoms with E-state index in [1.807, 2.05) is 0 Å². The monoisotopic (exact) mass is 386 g/mol. The van der Waals surface area contributed by atoms with E-state index in [1.165, 1.54) is 19.0 Å². The number of carbonyl (C=O) groups is 3. The van der Waals surface area contributed by atoms with Crippen LogP contribution in [-0.4, -0.2) is 48.9 Å². The number of carbonyl (C=O) groups excluding carboxylic acids is 3. The fourth-order valence-corrected chi connectivity index (χ4v) is 2.37. The number of rotatable bonds is 6. The topological polar surface area (TPSA) is 116 Å². The number of amides is 1. The largest absolute Gasteiger partial charge is 0.465 e. The smallest absolute Gasteiger partial charge is 0.339 e. The van der Waals surface area contributed by atoms with Crippen LogP contribution < -0.4 is 0 Å². The molecule has 0 fully saturated rings. The van der Waals surface area contributed by atoms with Crippen LogP contribution in [0.4, 0.5) is 5.69 Å². The van der Waals surface area contributed by atoms with Crippen LogP contribution in [0.15, 0.2) is 48.5 Å². The third kappa shape index (κ3) is 4.70. The van der Waals surface area contributed by atoms with E-state index in [-0.39, 0.29) is 11.1 Å².